The molecule has 1 aliphatic rings. The second-order valence-electron chi connectivity index (χ2n) is 10.9. The highest BCUT2D eigenvalue weighted by atomic mass is 16.2. The number of benzene rings is 1. The molecule has 4 rings (SSSR count). The highest BCUT2D eigenvalue weighted by Crippen LogP contribution is 2.40. The van der Waals surface area contributed by atoms with Crippen molar-refractivity contribution in [2.75, 3.05) is 39.1 Å². The minimum atomic E-state index is -0.224. The monoisotopic (exact) mass is 531 g/mol. The summed E-state index contributed by atoms with van der Waals surface area (Å²) in [5.41, 5.74) is 5.69. The lowest BCUT2D eigenvalue weighted by atomic mass is 9.93. The Labute approximate surface area is 230 Å². The fourth-order valence-corrected chi connectivity index (χ4v) is 5.07. The summed E-state index contributed by atoms with van der Waals surface area (Å²) in [6.45, 7) is 10.7. The number of amides is 1. The number of likely N-dealkylation sites (N-methyl/N-ethyl adjacent to an activating group) is 2. The van der Waals surface area contributed by atoms with Gasteiger partial charge in [-0.15, -0.1) is 0 Å². The molecule has 0 saturated heterocycles. The molecule has 0 fully saturated rings. The molecule has 0 bridgehead atoms. The van der Waals surface area contributed by atoms with E-state index in [9.17, 15) is 9.59 Å². The molecule has 3 aromatic rings. The van der Waals surface area contributed by atoms with Crippen molar-refractivity contribution in [1.29, 1.82) is 0 Å². The van der Waals surface area contributed by atoms with Gasteiger partial charge in [0.25, 0.3) is 11.5 Å². The number of rotatable bonds is 10. The van der Waals surface area contributed by atoms with Crippen LogP contribution in [0.5, 0.6) is 0 Å². The van der Waals surface area contributed by atoms with Crippen LogP contribution in [-0.2, 0) is 17.9 Å². The van der Waals surface area contributed by atoms with Crippen LogP contribution in [0.2, 0.25) is 0 Å². The van der Waals surface area contributed by atoms with Crippen LogP contribution >= 0.6 is 0 Å². The van der Waals surface area contributed by atoms with Gasteiger partial charge in [0.05, 0.1) is 17.8 Å². The predicted molar refractivity (Wildman–Crippen MR) is 157 cm³/mol. The van der Waals surface area contributed by atoms with Crippen molar-refractivity contribution < 1.29 is 4.79 Å². The van der Waals surface area contributed by atoms with Crippen LogP contribution in [0.3, 0.4) is 0 Å². The maximum absolute atomic E-state index is 13.6. The highest BCUT2D eigenvalue weighted by Gasteiger charge is 2.32. The molecule has 1 unspecified atom stereocenters. The van der Waals surface area contributed by atoms with E-state index in [2.05, 4.69) is 82.7 Å². The number of pyridine rings is 1. The Balaban J connectivity index is 1.64. The Morgan fingerprint density at radius 1 is 1.18 bits per heavy atom. The third-order valence-corrected chi connectivity index (χ3v) is 7.15. The largest absolute Gasteiger partial charge is 0.349 e. The van der Waals surface area contributed by atoms with Gasteiger partial charge in [0, 0.05) is 56.1 Å². The van der Waals surface area contributed by atoms with Gasteiger partial charge in [-0.3, -0.25) is 9.59 Å². The summed E-state index contributed by atoms with van der Waals surface area (Å²) in [6.07, 6.45) is 3.78. The molecule has 3 N–H and O–H groups in total. The number of aromatic amines is 1. The van der Waals surface area contributed by atoms with Crippen LogP contribution < -0.4 is 21.1 Å². The fraction of sp³-hybridized carbons (Fsp3) is 0.433. The van der Waals surface area contributed by atoms with E-state index in [-0.39, 0.29) is 30.1 Å². The minimum Gasteiger partial charge on any atom is -0.349 e. The molecular formula is C30H41N7O2. The standard InChI is InChI=1S/C30H41N7O2/c1-19(2)37-30-26(18-33-37)24(28(38)32-17-25-20(3)13-21(4)34-29(25)39)15-27(36(30)7)23-10-8-9-22(14-23)16-31-11-12-35(5)6/h8-10,13-15,18-19,27,31H,11-12,16-17H2,1-7H3,(H,32,38)(H,34,39). The highest BCUT2D eigenvalue weighted by molar-refractivity contribution is 6.21. The summed E-state index contributed by atoms with van der Waals surface area (Å²) in [5.74, 6) is 0.681. The van der Waals surface area contributed by atoms with Gasteiger partial charge in [-0.2, -0.15) is 5.10 Å². The van der Waals surface area contributed by atoms with Crippen LogP contribution in [0.1, 0.15) is 59.4 Å². The number of aryl methyl sites for hydroxylation is 2. The van der Waals surface area contributed by atoms with E-state index in [1.54, 1.807) is 6.20 Å². The van der Waals surface area contributed by atoms with Gasteiger partial charge >= 0.3 is 0 Å². The third-order valence-electron chi connectivity index (χ3n) is 7.15. The Morgan fingerprint density at radius 3 is 2.64 bits per heavy atom. The maximum atomic E-state index is 13.6. The summed E-state index contributed by atoms with van der Waals surface area (Å²) in [7, 11) is 6.18. The number of carbonyl (C=O) groups excluding carboxylic acids is 1. The van der Waals surface area contributed by atoms with Gasteiger partial charge in [-0.1, -0.05) is 24.3 Å². The average Bonchev–Trinajstić information content (AvgIpc) is 3.32. The van der Waals surface area contributed by atoms with Crippen LogP contribution in [0, 0.1) is 13.8 Å². The molecule has 1 atom stereocenters. The van der Waals surface area contributed by atoms with Crippen molar-refractivity contribution in [3.63, 3.8) is 0 Å². The molecule has 1 aromatic carbocycles. The molecular weight excluding hydrogens is 490 g/mol. The van der Waals surface area contributed by atoms with E-state index >= 15 is 0 Å². The molecule has 0 radical (unpaired) electrons. The van der Waals surface area contributed by atoms with Crippen LogP contribution in [0.15, 0.2) is 47.4 Å². The number of H-pyrrole nitrogens is 1. The zero-order valence-electron chi connectivity index (χ0n) is 24.1. The average molecular weight is 532 g/mol. The molecule has 2 aromatic heterocycles. The first kappa shape index (κ1) is 28.3. The van der Waals surface area contributed by atoms with Gasteiger partial charge in [0.15, 0.2) is 0 Å². The van der Waals surface area contributed by atoms with Crippen molar-refractivity contribution >= 4 is 17.3 Å². The Kier molecular flexibility index (Phi) is 8.72. The summed E-state index contributed by atoms with van der Waals surface area (Å²) >= 11 is 0. The van der Waals surface area contributed by atoms with Gasteiger partial charge < -0.3 is 25.4 Å². The van der Waals surface area contributed by atoms with E-state index < -0.39 is 0 Å². The van der Waals surface area contributed by atoms with Crippen LogP contribution in [0.4, 0.5) is 5.82 Å². The molecule has 39 heavy (non-hydrogen) atoms. The number of nitrogens with zero attached hydrogens (tertiary/aromatic N) is 4. The van der Waals surface area contributed by atoms with Crippen molar-refractivity contribution in [3.05, 3.63) is 86.5 Å². The molecule has 0 spiro atoms. The first-order valence-corrected chi connectivity index (χ1v) is 13.5. The Hall–Kier alpha value is -3.69. The Morgan fingerprint density at radius 2 is 1.95 bits per heavy atom. The van der Waals surface area contributed by atoms with Crippen LogP contribution in [0.25, 0.3) is 5.57 Å². The Bertz CT molecular complexity index is 1420. The number of fused-ring (bicyclic) bond motifs is 1. The molecule has 9 heteroatoms. The number of carbonyl (C=O) groups is 1. The molecule has 3 heterocycles. The minimum absolute atomic E-state index is 0.125. The molecule has 9 nitrogen and oxygen atoms in total. The van der Waals surface area contributed by atoms with E-state index in [4.69, 9.17) is 0 Å². The van der Waals surface area contributed by atoms with Crippen molar-refractivity contribution in [1.82, 2.24) is 30.3 Å². The normalized spacial score (nSPS) is 15.1. The second kappa shape index (κ2) is 12.0. The van der Waals surface area contributed by atoms with E-state index in [1.165, 1.54) is 5.56 Å². The summed E-state index contributed by atoms with van der Waals surface area (Å²) in [4.78, 5) is 33.3. The van der Waals surface area contributed by atoms with E-state index in [0.717, 1.165) is 47.8 Å². The van der Waals surface area contributed by atoms with E-state index in [0.29, 0.717) is 11.1 Å². The molecule has 0 saturated carbocycles. The topological polar surface area (TPSA) is 98.3 Å². The molecule has 1 aliphatic heterocycles. The zero-order chi connectivity index (χ0) is 28.3. The third kappa shape index (κ3) is 6.32. The molecule has 0 aliphatic carbocycles. The number of nitrogens with one attached hydrogen (secondary N) is 3. The summed E-state index contributed by atoms with van der Waals surface area (Å²) in [6, 6.07) is 10.4. The van der Waals surface area contributed by atoms with Gasteiger partial charge in [-0.25, -0.2) is 4.68 Å². The van der Waals surface area contributed by atoms with Gasteiger partial charge in [0.2, 0.25) is 0 Å². The van der Waals surface area contributed by atoms with Crippen LogP contribution in [-0.4, -0.2) is 59.8 Å². The smallest absolute Gasteiger partial charge is 0.253 e. The number of hydrogen-bond acceptors (Lipinski definition) is 6. The fourth-order valence-electron chi connectivity index (χ4n) is 5.07. The number of anilines is 1. The predicted octanol–water partition coefficient (Wildman–Crippen LogP) is 3.31. The van der Waals surface area contributed by atoms with E-state index in [1.807, 2.05) is 37.7 Å². The number of hydrogen-bond donors (Lipinski definition) is 3. The van der Waals surface area contributed by atoms with Gasteiger partial charge in [0.1, 0.15) is 5.82 Å². The van der Waals surface area contributed by atoms with Crippen molar-refractivity contribution in [3.8, 4) is 0 Å². The summed E-state index contributed by atoms with van der Waals surface area (Å²) in [5, 5.41) is 11.1. The van der Waals surface area contributed by atoms with Crippen molar-refractivity contribution in [2.45, 2.75) is 52.9 Å². The number of aromatic nitrogens is 3. The quantitative estimate of drug-likeness (QED) is 0.347. The molecule has 1 amide bonds. The zero-order valence-corrected chi connectivity index (χ0v) is 24.1. The lowest BCUT2D eigenvalue weighted by Crippen LogP contribution is -2.34. The first-order valence-electron chi connectivity index (χ1n) is 13.5. The first-order chi connectivity index (χ1) is 18.6. The SMILES string of the molecule is Cc1cc(C)c(CNC(=O)C2=CC(c3cccc(CNCCN(C)C)c3)N(C)c3c2cnn3C(C)C)c(=O)[nH]1. The lowest BCUT2D eigenvalue weighted by Gasteiger charge is -2.34. The van der Waals surface area contributed by atoms with Crippen molar-refractivity contribution in [2.24, 2.45) is 0 Å². The summed E-state index contributed by atoms with van der Waals surface area (Å²) < 4.78 is 1.96. The van der Waals surface area contributed by atoms with Gasteiger partial charge in [-0.05, 0) is 70.6 Å². The maximum Gasteiger partial charge on any atom is 0.253 e. The second-order valence-corrected chi connectivity index (χ2v) is 10.9. The lowest BCUT2D eigenvalue weighted by molar-refractivity contribution is -0.115. The molecule has 208 valence electrons.